The standard InChI is InChI=1S/3C7H7.Ti.H/c3*1-7-5-3-2-4-6-7;;/h3*2-6H,1H2;;/q;;;+1;-1. The average Bonchev–Trinajstić information content (AvgIpc) is 2.57. The molecule has 0 radical (unpaired) electrons. The van der Waals surface area contributed by atoms with Crippen LogP contribution in [0.25, 0.3) is 0 Å². The Morgan fingerprint density at radius 3 is 1.00 bits per heavy atom. The Hall–Kier alpha value is -1.63. The number of rotatable bonds is 6. The van der Waals surface area contributed by atoms with Gasteiger partial charge in [0, 0.05) is 0 Å². The number of hydrogen-bond acceptors (Lipinski definition) is 0. The Bertz CT molecular complexity index is 569. The summed E-state index contributed by atoms with van der Waals surface area (Å²) in [5.74, 6) is 0. The van der Waals surface area contributed by atoms with Crippen molar-refractivity contribution in [2.24, 2.45) is 0 Å². The molecule has 0 bridgehead atoms. The molecule has 0 heterocycles. The molecule has 0 saturated heterocycles. The van der Waals surface area contributed by atoms with Crippen LogP contribution in [0.4, 0.5) is 0 Å². The molecule has 0 aromatic heterocycles. The molecule has 1 heteroatoms. The van der Waals surface area contributed by atoms with Gasteiger partial charge in [-0.15, -0.1) is 0 Å². The van der Waals surface area contributed by atoms with Crippen LogP contribution in [-0.4, -0.2) is 0 Å². The molecule has 0 nitrogen and oxygen atoms in total. The Morgan fingerprint density at radius 1 is 0.455 bits per heavy atom. The van der Waals surface area contributed by atoms with E-state index in [4.69, 9.17) is 0 Å². The summed E-state index contributed by atoms with van der Waals surface area (Å²) >= 11 is -1.22. The Balaban J connectivity index is 0.00000192. The van der Waals surface area contributed by atoms with Gasteiger partial charge < -0.3 is 1.43 Å². The molecule has 0 atom stereocenters. The van der Waals surface area contributed by atoms with Crippen molar-refractivity contribution >= 4 is 0 Å². The zero-order valence-electron chi connectivity index (χ0n) is 13.8. The van der Waals surface area contributed by atoms with Crippen LogP contribution < -0.4 is 0 Å². The van der Waals surface area contributed by atoms with Crippen molar-refractivity contribution in [3.05, 3.63) is 108 Å². The average molecular weight is 322 g/mol. The van der Waals surface area contributed by atoms with Gasteiger partial charge in [0.2, 0.25) is 0 Å². The summed E-state index contributed by atoms with van der Waals surface area (Å²) in [6.45, 7) is 0. The van der Waals surface area contributed by atoms with Crippen LogP contribution in [0.1, 0.15) is 18.1 Å². The molecule has 0 amide bonds. The third-order valence-corrected chi connectivity index (χ3v) is 8.15. The third kappa shape index (κ3) is 4.69. The molecular weight excluding hydrogens is 300 g/mol. The van der Waals surface area contributed by atoms with Gasteiger partial charge in [-0.25, -0.2) is 0 Å². The van der Waals surface area contributed by atoms with Crippen molar-refractivity contribution in [1.82, 2.24) is 0 Å². The van der Waals surface area contributed by atoms with Crippen molar-refractivity contribution in [2.45, 2.75) is 14.2 Å². The maximum absolute atomic E-state index is 2.28. The topological polar surface area (TPSA) is 0 Å². The minimum absolute atomic E-state index is 0. The van der Waals surface area contributed by atoms with Gasteiger partial charge in [-0.05, 0) is 0 Å². The molecule has 0 spiro atoms. The molecule has 0 unspecified atom stereocenters. The van der Waals surface area contributed by atoms with Crippen molar-refractivity contribution in [1.29, 1.82) is 0 Å². The van der Waals surface area contributed by atoms with Crippen LogP contribution in [0, 0.1) is 0 Å². The Kier molecular flexibility index (Phi) is 5.64. The Morgan fingerprint density at radius 2 is 0.727 bits per heavy atom. The molecule has 22 heavy (non-hydrogen) atoms. The fourth-order valence-corrected chi connectivity index (χ4v) is 7.24. The van der Waals surface area contributed by atoms with Gasteiger partial charge in [0.15, 0.2) is 0 Å². The molecular formula is C21H22Ti. The zero-order valence-corrected chi connectivity index (χ0v) is 14.3. The minimum atomic E-state index is -1.22. The van der Waals surface area contributed by atoms with E-state index in [1.165, 1.54) is 30.9 Å². The fourth-order valence-electron chi connectivity index (χ4n) is 2.84. The first-order valence-electron chi connectivity index (χ1n) is 7.85. The van der Waals surface area contributed by atoms with Crippen molar-refractivity contribution in [3.8, 4) is 0 Å². The summed E-state index contributed by atoms with van der Waals surface area (Å²) in [6.07, 6.45) is 0. The number of hydrogen-bond donors (Lipinski definition) is 0. The van der Waals surface area contributed by atoms with Gasteiger partial charge in [0.1, 0.15) is 0 Å². The van der Waals surface area contributed by atoms with E-state index in [9.17, 15) is 0 Å². The molecule has 0 saturated carbocycles. The van der Waals surface area contributed by atoms with E-state index >= 15 is 0 Å². The summed E-state index contributed by atoms with van der Waals surface area (Å²) in [7, 11) is 0. The predicted molar refractivity (Wildman–Crippen MR) is 91.6 cm³/mol. The SMILES string of the molecule is [H-].c1ccc([CH2][Ti+]([CH2]c2ccccc2)[CH2]c2ccccc2)cc1. The molecule has 0 N–H and O–H groups in total. The van der Waals surface area contributed by atoms with Crippen molar-refractivity contribution < 1.29 is 19.3 Å². The first-order chi connectivity index (χ1) is 10.9. The van der Waals surface area contributed by atoms with Gasteiger partial charge in [-0.1, -0.05) is 0 Å². The van der Waals surface area contributed by atoms with E-state index in [0.29, 0.717) is 0 Å². The van der Waals surface area contributed by atoms with Gasteiger partial charge in [-0.2, -0.15) is 0 Å². The van der Waals surface area contributed by atoms with Gasteiger partial charge in [0.25, 0.3) is 0 Å². The van der Waals surface area contributed by atoms with E-state index in [1.54, 1.807) is 0 Å². The second kappa shape index (κ2) is 8.12. The van der Waals surface area contributed by atoms with E-state index < -0.39 is 17.9 Å². The molecule has 0 fully saturated rings. The third-order valence-electron chi connectivity index (χ3n) is 3.89. The van der Waals surface area contributed by atoms with Crippen molar-refractivity contribution in [3.63, 3.8) is 0 Å². The van der Waals surface area contributed by atoms with Gasteiger partial charge in [-0.3, -0.25) is 0 Å². The van der Waals surface area contributed by atoms with E-state index in [2.05, 4.69) is 91.0 Å². The molecule has 3 aromatic carbocycles. The van der Waals surface area contributed by atoms with Crippen LogP contribution in [0.3, 0.4) is 0 Å². The van der Waals surface area contributed by atoms with E-state index in [0.717, 1.165) is 0 Å². The molecule has 0 aliphatic carbocycles. The summed E-state index contributed by atoms with van der Waals surface area (Å²) in [5, 5.41) is 0. The van der Waals surface area contributed by atoms with Crippen LogP contribution in [0.15, 0.2) is 91.0 Å². The fraction of sp³-hybridized carbons (Fsp3) is 0.143. The van der Waals surface area contributed by atoms with Crippen LogP contribution in [-0.2, 0) is 32.0 Å². The second-order valence-corrected chi connectivity index (χ2v) is 9.74. The molecule has 0 aliphatic heterocycles. The first-order valence-corrected chi connectivity index (χ1v) is 11.2. The van der Waals surface area contributed by atoms with Gasteiger partial charge in [0.05, 0.1) is 0 Å². The molecule has 0 aliphatic rings. The van der Waals surface area contributed by atoms with Gasteiger partial charge >= 0.3 is 140 Å². The van der Waals surface area contributed by atoms with Crippen molar-refractivity contribution in [2.75, 3.05) is 0 Å². The molecule has 110 valence electrons. The maximum atomic E-state index is 2.28. The van der Waals surface area contributed by atoms with Crippen LogP contribution in [0.2, 0.25) is 0 Å². The van der Waals surface area contributed by atoms with Crippen LogP contribution in [0.5, 0.6) is 0 Å². The Labute approximate surface area is 141 Å². The van der Waals surface area contributed by atoms with Crippen LogP contribution >= 0.6 is 0 Å². The molecule has 3 rings (SSSR count). The predicted octanol–water partition coefficient (Wildman–Crippen LogP) is 5.32. The quantitative estimate of drug-likeness (QED) is 0.539. The summed E-state index contributed by atoms with van der Waals surface area (Å²) in [6, 6.07) is 33.0. The second-order valence-electron chi connectivity index (χ2n) is 5.74. The zero-order chi connectivity index (χ0) is 15.0. The summed E-state index contributed by atoms with van der Waals surface area (Å²) in [4.78, 5) is 0. The summed E-state index contributed by atoms with van der Waals surface area (Å²) in [5.41, 5.74) is 4.51. The van der Waals surface area contributed by atoms with E-state index in [1.807, 2.05) is 0 Å². The summed E-state index contributed by atoms with van der Waals surface area (Å²) < 4.78 is 3.89. The number of benzene rings is 3. The van der Waals surface area contributed by atoms with E-state index in [-0.39, 0.29) is 1.43 Å². The normalized spacial score (nSPS) is 10.4. The monoisotopic (exact) mass is 322 g/mol. The first kappa shape index (κ1) is 15.3. The molecule has 3 aromatic rings.